The van der Waals surface area contributed by atoms with Crippen LogP contribution in [0.2, 0.25) is 5.02 Å². The SMILES string of the molecule is Cc1cccc(Cl)c1-n1c(O)cc(CCl)c1O. The molecule has 0 saturated carbocycles. The average molecular weight is 272 g/mol. The maximum Gasteiger partial charge on any atom is 0.203 e. The van der Waals surface area contributed by atoms with E-state index in [2.05, 4.69) is 0 Å². The Morgan fingerprint density at radius 2 is 2.00 bits per heavy atom. The van der Waals surface area contributed by atoms with Gasteiger partial charge >= 0.3 is 0 Å². The zero-order valence-electron chi connectivity index (χ0n) is 9.11. The van der Waals surface area contributed by atoms with Crippen molar-refractivity contribution < 1.29 is 10.2 Å². The minimum absolute atomic E-state index is 0.0886. The van der Waals surface area contributed by atoms with Crippen molar-refractivity contribution in [1.82, 2.24) is 4.57 Å². The summed E-state index contributed by atoms with van der Waals surface area (Å²) in [5, 5.41) is 20.3. The first-order valence-corrected chi connectivity index (χ1v) is 5.91. The Kier molecular flexibility index (Phi) is 3.22. The third-order valence-electron chi connectivity index (χ3n) is 2.59. The molecule has 2 rings (SSSR count). The fourth-order valence-corrected chi connectivity index (χ4v) is 2.27. The van der Waals surface area contributed by atoms with E-state index >= 15 is 0 Å². The predicted molar refractivity (Wildman–Crippen MR) is 68.4 cm³/mol. The van der Waals surface area contributed by atoms with Gasteiger partial charge in [-0.15, -0.1) is 11.6 Å². The fourth-order valence-electron chi connectivity index (χ4n) is 1.76. The summed E-state index contributed by atoms with van der Waals surface area (Å²) in [4.78, 5) is 0. The highest BCUT2D eigenvalue weighted by molar-refractivity contribution is 6.32. The van der Waals surface area contributed by atoms with E-state index in [4.69, 9.17) is 23.2 Å². The molecule has 2 aromatic rings. The van der Waals surface area contributed by atoms with Crippen LogP contribution in [0.1, 0.15) is 11.1 Å². The number of hydrogen-bond donors (Lipinski definition) is 2. The number of benzene rings is 1. The monoisotopic (exact) mass is 271 g/mol. The average Bonchev–Trinajstić information content (AvgIpc) is 2.56. The van der Waals surface area contributed by atoms with Gasteiger partial charge in [-0.25, -0.2) is 4.57 Å². The molecule has 0 saturated heterocycles. The van der Waals surface area contributed by atoms with E-state index in [1.165, 1.54) is 10.6 Å². The van der Waals surface area contributed by atoms with E-state index < -0.39 is 0 Å². The predicted octanol–water partition coefficient (Wildman–Crippen LogP) is 3.59. The number of para-hydroxylation sites is 1. The van der Waals surface area contributed by atoms with Gasteiger partial charge < -0.3 is 10.2 Å². The van der Waals surface area contributed by atoms with Crippen LogP contribution in [0.5, 0.6) is 11.8 Å². The number of nitrogens with zero attached hydrogens (tertiary/aromatic N) is 1. The first kappa shape index (κ1) is 12.1. The normalized spacial score (nSPS) is 10.8. The second kappa shape index (κ2) is 4.51. The highest BCUT2D eigenvalue weighted by atomic mass is 35.5. The molecule has 0 amide bonds. The van der Waals surface area contributed by atoms with Crippen molar-refractivity contribution in [3.05, 3.63) is 40.4 Å². The van der Waals surface area contributed by atoms with Crippen LogP contribution in [0, 0.1) is 6.92 Å². The minimum atomic E-state index is -0.0892. The van der Waals surface area contributed by atoms with Crippen molar-refractivity contribution in [2.45, 2.75) is 12.8 Å². The zero-order valence-corrected chi connectivity index (χ0v) is 10.6. The van der Waals surface area contributed by atoms with E-state index in [1.54, 1.807) is 12.1 Å². The zero-order chi connectivity index (χ0) is 12.6. The molecule has 1 aromatic heterocycles. The van der Waals surface area contributed by atoms with Gasteiger partial charge in [-0.3, -0.25) is 0 Å². The topological polar surface area (TPSA) is 45.4 Å². The van der Waals surface area contributed by atoms with Crippen LogP contribution in [-0.2, 0) is 5.88 Å². The standard InChI is InChI=1S/C12H11Cl2NO2/c1-7-3-2-4-9(14)11(7)15-10(16)5-8(6-13)12(15)17/h2-5,16-17H,6H2,1H3. The number of alkyl halides is 1. The maximum absolute atomic E-state index is 9.97. The summed E-state index contributed by atoms with van der Waals surface area (Å²) in [5.74, 6) is -0.0568. The van der Waals surface area contributed by atoms with E-state index in [9.17, 15) is 10.2 Å². The van der Waals surface area contributed by atoms with Gasteiger partial charge in [0, 0.05) is 11.6 Å². The van der Waals surface area contributed by atoms with E-state index in [-0.39, 0.29) is 17.6 Å². The second-order valence-corrected chi connectivity index (χ2v) is 4.40. The van der Waals surface area contributed by atoms with Gasteiger partial charge in [-0.1, -0.05) is 23.7 Å². The lowest BCUT2D eigenvalue weighted by Gasteiger charge is -2.12. The number of aryl methyl sites for hydroxylation is 1. The minimum Gasteiger partial charge on any atom is -0.494 e. The van der Waals surface area contributed by atoms with E-state index in [1.807, 2.05) is 13.0 Å². The molecule has 0 aliphatic heterocycles. The van der Waals surface area contributed by atoms with Crippen molar-refractivity contribution in [2.24, 2.45) is 0 Å². The highest BCUT2D eigenvalue weighted by Gasteiger charge is 2.17. The van der Waals surface area contributed by atoms with E-state index in [0.717, 1.165) is 5.56 Å². The molecule has 0 aliphatic rings. The molecule has 5 heteroatoms. The summed E-state index contributed by atoms with van der Waals surface area (Å²) in [6, 6.07) is 6.77. The molecule has 0 atom stereocenters. The molecule has 0 unspecified atom stereocenters. The number of aromatic nitrogens is 1. The van der Waals surface area contributed by atoms with E-state index in [0.29, 0.717) is 16.3 Å². The Morgan fingerprint density at radius 1 is 1.29 bits per heavy atom. The largest absolute Gasteiger partial charge is 0.494 e. The van der Waals surface area contributed by atoms with Gasteiger partial charge in [0.15, 0.2) is 5.88 Å². The summed E-state index contributed by atoms with van der Waals surface area (Å²) >= 11 is 11.8. The first-order chi connectivity index (χ1) is 8.06. The molecule has 0 radical (unpaired) electrons. The summed E-state index contributed by atoms with van der Waals surface area (Å²) < 4.78 is 1.29. The summed E-state index contributed by atoms with van der Waals surface area (Å²) in [5.41, 5.74) is 1.86. The van der Waals surface area contributed by atoms with Crippen LogP contribution in [0.3, 0.4) is 0 Å². The van der Waals surface area contributed by atoms with Crippen LogP contribution in [-0.4, -0.2) is 14.8 Å². The fraction of sp³-hybridized carbons (Fsp3) is 0.167. The third-order valence-corrected chi connectivity index (χ3v) is 3.18. The third kappa shape index (κ3) is 1.96. The lowest BCUT2D eigenvalue weighted by atomic mass is 10.2. The number of hydrogen-bond acceptors (Lipinski definition) is 2. The highest BCUT2D eigenvalue weighted by Crippen LogP contribution is 2.36. The molecular weight excluding hydrogens is 261 g/mol. The Bertz CT molecular complexity index is 544. The number of aromatic hydroxyl groups is 2. The van der Waals surface area contributed by atoms with Crippen molar-refractivity contribution in [3.8, 4) is 17.4 Å². The Labute approximate surface area is 109 Å². The Morgan fingerprint density at radius 3 is 2.53 bits per heavy atom. The van der Waals surface area contributed by atoms with Gasteiger partial charge in [-0.2, -0.15) is 0 Å². The molecule has 1 aromatic carbocycles. The molecule has 0 bridgehead atoms. The smallest absolute Gasteiger partial charge is 0.203 e. The Hall–Kier alpha value is -1.32. The van der Waals surface area contributed by atoms with Crippen LogP contribution in [0.25, 0.3) is 5.69 Å². The molecule has 2 N–H and O–H groups in total. The van der Waals surface area contributed by atoms with Gasteiger partial charge in [0.1, 0.15) is 0 Å². The lowest BCUT2D eigenvalue weighted by Crippen LogP contribution is -1.97. The summed E-state index contributed by atoms with van der Waals surface area (Å²) in [6.45, 7) is 1.85. The summed E-state index contributed by atoms with van der Waals surface area (Å²) in [7, 11) is 0. The lowest BCUT2D eigenvalue weighted by molar-refractivity contribution is 0.401. The van der Waals surface area contributed by atoms with Crippen molar-refractivity contribution in [1.29, 1.82) is 0 Å². The molecule has 3 nitrogen and oxygen atoms in total. The van der Waals surface area contributed by atoms with Crippen LogP contribution in [0.15, 0.2) is 24.3 Å². The number of halogens is 2. The van der Waals surface area contributed by atoms with Gasteiger partial charge in [0.05, 0.1) is 16.6 Å². The molecule has 0 aliphatic carbocycles. The van der Waals surface area contributed by atoms with Crippen molar-refractivity contribution in [3.63, 3.8) is 0 Å². The van der Waals surface area contributed by atoms with Gasteiger partial charge in [0.25, 0.3) is 0 Å². The molecule has 0 spiro atoms. The van der Waals surface area contributed by atoms with Crippen LogP contribution >= 0.6 is 23.2 Å². The second-order valence-electron chi connectivity index (χ2n) is 3.73. The molecule has 0 fully saturated rings. The molecular formula is C12H11Cl2NO2. The summed E-state index contributed by atoms with van der Waals surface area (Å²) in [6.07, 6.45) is 0. The number of rotatable bonds is 2. The Balaban J connectivity index is 2.73. The maximum atomic E-state index is 9.97. The quantitative estimate of drug-likeness (QED) is 0.820. The van der Waals surface area contributed by atoms with Crippen molar-refractivity contribution >= 4 is 23.2 Å². The van der Waals surface area contributed by atoms with Crippen LogP contribution in [0.4, 0.5) is 0 Å². The first-order valence-electron chi connectivity index (χ1n) is 5.00. The van der Waals surface area contributed by atoms with Gasteiger partial charge in [0.2, 0.25) is 5.88 Å². The van der Waals surface area contributed by atoms with Crippen molar-refractivity contribution in [2.75, 3.05) is 0 Å². The van der Waals surface area contributed by atoms with Crippen LogP contribution < -0.4 is 0 Å². The van der Waals surface area contributed by atoms with Gasteiger partial charge in [-0.05, 0) is 18.6 Å². The molecule has 90 valence electrons. The molecule has 1 heterocycles. The molecule has 17 heavy (non-hydrogen) atoms.